The summed E-state index contributed by atoms with van der Waals surface area (Å²) < 4.78 is 0. The van der Waals surface area contributed by atoms with Gasteiger partial charge in [0.15, 0.2) is 5.13 Å². The lowest BCUT2D eigenvalue weighted by atomic mass is 10.3. The first-order valence-corrected chi connectivity index (χ1v) is 8.39. The molecule has 1 saturated heterocycles. The molecule has 94 valence electrons. The highest BCUT2D eigenvalue weighted by atomic mass is 32.2. The van der Waals surface area contributed by atoms with Crippen LogP contribution >= 0.6 is 34.9 Å². The number of nitrogens with one attached hydrogen (secondary N) is 1. The second-order valence-corrected chi connectivity index (χ2v) is 7.33. The van der Waals surface area contributed by atoms with Gasteiger partial charge in [-0.2, -0.15) is 23.5 Å². The summed E-state index contributed by atoms with van der Waals surface area (Å²) in [5.41, 5.74) is 6.29. The quantitative estimate of drug-likeness (QED) is 0.885. The molecule has 7 heteroatoms. The van der Waals surface area contributed by atoms with Gasteiger partial charge >= 0.3 is 0 Å². The van der Waals surface area contributed by atoms with E-state index in [-0.39, 0.29) is 5.91 Å². The maximum atomic E-state index is 11.9. The third-order valence-electron chi connectivity index (χ3n) is 2.39. The van der Waals surface area contributed by atoms with E-state index in [0.29, 0.717) is 15.3 Å². The van der Waals surface area contributed by atoms with Crippen LogP contribution in [0.1, 0.15) is 15.4 Å². The minimum atomic E-state index is -0.0483. The van der Waals surface area contributed by atoms with Crippen LogP contribution in [0.3, 0.4) is 0 Å². The zero-order chi connectivity index (χ0) is 12.3. The van der Waals surface area contributed by atoms with Gasteiger partial charge in [0.1, 0.15) is 4.88 Å². The Bertz CT molecular complexity index is 402. The Labute approximate surface area is 113 Å². The number of hydrogen-bond acceptors (Lipinski definition) is 6. The smallest absolute Gasteiger partial charge is 0.263 e. The summed E-state index contributed by atoms with van der Waals surface area (Å²) in [6.45, 7) is 2.54. The first kappa shape index (κ1) is 13.0. The SMILES string of the molecule is Cc1nc(N)sc1C(=O)NCC1CSCCS1. The molecule has 0 aromatic carbocycles. The van der Waals surface area contributed by atoms with Crippen molar-refractivity contribution >= 4 is 45.9 Å². The highest BCUT2D eigenvalue weighted by Crippen LogP contribution is 2.24. The van der Waals surface area contributed by atoms with E-state index in [4.69, 9.17) is 5.73 Å². The van der Waals surface area contributed by atoms with Gasteiger partial charge in [0, 0.05) is 29.1 Å². The van der Waals surface area contributed by atoms with Crippen LogP contribution < -0.4 is 11.1 Å². The van der Waals surface area contributed by atoms with Gasteiger partial charge in [-0.3, -0.25) is 4.79 Å². The van der Waals surface area contributed by atoms with Gasteiger partial charge in [-0.1, -0.05) is 11.3 Å². The number of thioether (sulfide) groups is 2. The summed E-state index contributed by atoms with van der Waals surface area (Å²) in [6, 6.07) is 0. The van der Waals surface area contributed by atoms with Crippen LogP contribution in [0.25, 0.3) is 0 Å². The molecule has 1 unspecified atom stereocenters. The van der Waals surface area contributed by atoms with E-state index in [0.717, 1.165) is 18.0 Å². The lowest BCUT2D eigenvalue weighted by Gasteiger charge is -2.20. The van der Waals surface area contributed by atoms with Gasteiger partial charge < -0.3 is 11.1 Å². The van der Waals surface area contributed by atoms with Crippen molar-refractivity contribution in [2.24, 2.45) is 0 Å². The van der Waals surface area contributed by atoms with Crippen molar-refractivity contribution in [2.45, 2.75) is 12.2 Å². The van der Waals surface area contributed by atoms with Crippen LogP contribution in [0.5, 0.6) is 0 Å². The van der Waals surface area contributed by atoms with Crippen LogP contribution in [0.4, 0.5) is 5.13 Å². The second-order valence-electron chi connectivity index (χ2n) is 3.74. The summed E-state index contributed by atoms with van der Waals surface area (Å²) in [5.74, 6) is 3.47. The van der Waals surface area contributed by atoms with Crippen molar-refractivity contribution in [1.82, 2.24) is 10.3 Å². The Hall–Kier alpha value is -0.400. The van der Waals surface area contributed by atoms with Crippen molar-refractivity contribution in [3.05, 3.63) is 10.6 Å². The van der Waals surface area contributed by atoms with Crippen molar-refractivity contribution in [1.29, 1.82) is 0 Å². The van der Waals surface area contributed by atoms with E-state index in [1.165, 1.54) is 22.8 Å². The first-order chi connectivity index (χ1) is 8.16. The van der Waals surface area contributed by atoms with Gasteiger partial charge in [0.25, 0.3) is 5.91 Å². The number of anilines is 1. The Morgan fingerprint density at radius 3 is 3.00 bits per heavy atom. The summed E-state index contributed by atoms with van der Waals surface area (Å²) in [6.07, 6.45) is 0. The van der Waals surface area contributed by atoms with Crippen molar-refractivity contribution in [3.8, 4) is 0 Å². The topological polar surface area (TPSA) is 68.0 Å². The van der Waals surface area contributed by atoms with Gasteiger partial charge in [-0.05, 0) is 6.92 Å². The van der Waals surface area contributed by atoms with Crippen LogP contribution in [-0.4, -0.2) is 39.9 Å². The molecule has 1 aliphatic heterocycles. The fourth-order valence-electron chi connectivity index (χ4n) is 1.57. The Balaban J connectivity index is 1.86. The summed E-state index contributed by atoms with van der Waals surface area (Å²) in [7, 11) is 0. The molecule has 2 heterocycles. The van der Waals surface area contributed by atoms with Gasteiger partial charge in [-0.25, -0.2) is 4.98 Å². The first-order valence-electron chi connectivity index (χ1n) is 5.37. The molecule has 4 nitrogen and oxygen atoms in total. The molecule has 2 rings (SSSR count). The number of nitrogens with zero attached hydrogens (tertiary/aromatic N) is 1. The molecule has 3 N–H and O–H groups in total. The van der Waals surface area contributed by atoms with Crippen LogP contribution in [0.2, 0.25) is 0 Å². The monoisotopic (exact) mass is 289 g/mol. The maximum absolute atomic E-state index is 11.9. The number of aromatic nitrogens is 1. The molecule has 1 aromatic rings. The minimum Gasteiger partial charge on any atom is -0.375 e. The van der Waals surface area contributed by atoms with Crippen LogP contribution in [0, 0.1) is 6.92 Å². The van der Waals surface area contributed by atoms with Crippen molar-refractivity contribution in [3.63, 3.8) is 0 Å². The third kappa shape index (κ3) is 3.53. The number of aryl methyl sites for hydroxylation is 1. The van der Waals surface area contributed by atoms with E-state index in [9.17, 15) is 4.79 Å². The van der Waals surface area contributed by atoms with Crippen molar-refractivity contribution < 1.29 is 4.79 Å². The highest BCUT2D eigenvalue weighted by Gasteiger charge is 2.18. The largest absolute Gasteiger partial charge is 0.375 e. The van der Waals surface area contributed by atoms with Crippen LogP contribution in [0.15, 0.2) is 0 Å². The number of amides is 1. The average molecular weight is 289 g/mol. The zero-order valence-corrected chi connectivity index (χ0v) is 12.0. The standard InChI is InChI=1S/C10H15N3OS3/c1-6-8(17-10(11)13-6)9(14)12-4-7-5-15-2-3-16-7/h7H,2-5H2,1H3,(H2,11,13)(H,12,14). The predicted molar refractivity (Wildman–Crippen MR) is 77.2 cm³/mol. The predicted octanol–water partition coefficient (Wildman–Crippen LogP) is 1.61. The van der Waals surface area contributed by atoms with E-state index in [1.807, 2.05) is 30.4 Å². The molecule has 1 amide bonds. The van der Waals surface area contributed by atoms with Gasteiger partial charge in [-0.15, -0.1) is 0 Å². The molecule has 0 radical (unpaired) electrons. The van der Waals surface area contributed by atoms with Gasteiger partial charge in [0.05, 0.1) is 5.69 Å². The number of thiazole rings is 1. The number of rotatable bonds is 3. The molecule has 0 spiro atoms. The molecule has 1 fully saturated rings. The minimum absolute atomic E-state index is 0.0483. The number of carbonyl (C=O) groups is 1. The third-order valence-corrected chi connectivity index (χ3v) is 6.22. The Morgan fingerprint density at radius 1 is 1.59 bits per heavy atom. The number of nitrogens with two attached hydrogens (primary N) is 1. The molecular weight excluding hydrogens is 274 g/mol. The fourth-order valence-corrected chi connectivity index (χ4v) is 4.93. The molecule has 0 saturated carbocycles. The Kier molecular flexibility index (Phi) is 4.58. The molecule has 0 aliphatic carbocycles. The number of carbonyl (C=O) groups excluding carboxylic acids is 1. The molecule has 1 aromatic heterocycles. The lowest BCUT2D eigenvalue weighted by molar-refractivity contribution is 0.0957. The van der Waals surface area contributed by atoms with Gasteiger partial charge in [0.2, 0.25) is 0 Å². The normalized spacial score (nSPS) is 20.2. The summed E-state index contributed by atoms with van der Waals surface area (Å²) in [5, 5.41) is 3.95. The average Bonchev–Trinajstić information content (AvgIpc) is 2.67. The van der Waals surface area contributed by atoms with Crippen LogP contribution in [-0.2, 0) is 0 Å². The molecular formula is C10H15N3OS3. The zero-order valence-electron chi connectivity index (χ0n) is 9.56. The highest BCUT2D eigenvalue weighted by molar-refractivity contribution is 8.06. The summed E-state index contributed by atoms with van der Waals surface area (Å²) >= 11 is 5.14. The number of hydrogen-bond donors (Lipinski definition) is 2. The van der Waals surface area contributed by atoms with E-state index in [1.54, 1.807) is 0 Å². The molecule has 1 atom stereocenters. The summed E-state index contributed by atoms with van der Waals surface area (Å²) in [4.78, 5) is 16.6. The molecule has 1 aliphatic rings. The second kappa shape index (κ2) is 5.97. The maximum Gasteiger partial charge on any atom is 0.263 e. The lowest BCUT2D eigenvalue weighted by Crippen LogP contribution is -2.33. The molecule has 0 bridgehead atoms. The van der Waals surface area contributed by atoms with E-state index >= 15 is 0 Å². The fraction of sp³-hybridized carbons (Fsp3) is 0.600. The van der Waals surface area contributed by atoms with E-state index < -0.39 is 0 Å². The Morgan fingerprint density at radius 2 is 2.41 bits per heavy atom. The number of nitrogen functional groups attached to an aromatic ring is 1. The molecule has 17 heavy (non-hydrogen) atoms. The van der Waals surface area contributed by atoms with Crippen molar-refractivity contribution in [2.75, 3.05) is 29.5 Å². The van der Waals surface area contributed by atoms with E-state index in [2.05, 4.69) is 10.3 Å².